The summed E-state index contributed by atoms with van der Waals surface area (Å²) in [7, 11) is -4.09. The Labute approximate surface area is 178 Å². The highest BCUT2D eigenvalue weighted by molar-refractivity contribution is 7.90. The zero-order valence-electron chi connectivity index (χ0n) is 16.1. The Kier molecular flexibility index (Phi) is 5.31. The van der Waals surface area contributed by atoms with Crippen LogP contribution in [0.2, 0.25) is 0 Å². The van der Waals surface area contributed by atoms with Crippen LogP contribution in [-0.4, -0.2) is 31.6 Å². The van der Waals surface area contributed by atoms with Gasteiger partial charge in [0.25, 0.3) is 15.9 Å². The van der Waals surface area contributed by atoms with E-state index >= 15 is 0 Å². The normalized spacial score (nSPS) is 14.9. The van der Waals surface area contributed by atoms with E-state index in [2.05, 4.69) is 4.99 Å². The van der Waals surface area contributed by atoms with E-state index in [-0.39, 0.29) is 34.2 Å². The Morgan fingerprint density at radius 2 is 1.42 bits per heavy atom. The summed E-state index contributed by atoms with van der Waals surface area (Å²) in [6, 6.07) is 19.9. The topological polar surface area (TPSA) is 110 Å². The lowest BCUT2D eigenvalue weighted by Gasteiger charge is -2.15. The molecule has 0 spiro atoms. The first-order valence-electron chi connectivity index (χ1n) is 9.32. The number of hydrogen-bond acceptors (Lipinski definition) is 6. The molecule has 1 aliphatic rings. The molecule has 0 heterocycles. The molecule has 3 aromatic rings. The third-order valence-corrected chi connectivity index (χ3v) is 6.08. The highest BCUT2D eigenvalue weighted by Crippen LogP contribution is 2.23. The van der Waals surface area contributed by atoms with Gasteiger partial charge >= 0.3 is 0 Å². The summed E-state index contributed by atoms with van der Waals surface area (Å²) in [4.78, 5) is 41.2. The van der Waals surface area contributed by atoms with Crippen LogP contribution in [-0.2, 0) is 10.0 Å². The Morgan fingerprint density at radius 1 is 0.806 bits per heavy atom. The van der Waals surface area contributed by atoms with Gasteiger partial charge in [-0.2, -0.15) is 0 Å². The number of amides is 1. The number of fused-ring (bicyclic) bond motifs is 1. The summed E-state index contributed by atoms with van der Waals surface area (Å²) in [6.45, 7) is 0. The predicted octanol–water partition coefficient (Wildman–Crippen LogP) is 3.35. The van der Waals surface area contributed by atoms with Crippen LogP contribution in [0.3, 0.4) is 0 Å². The molecule has 3 aromatic carbocycles. The lowest BCUT2D eigenvalue weighted by Crippen LogP contribution is -2.30. The first kappa shape index (κ1) is 20.4. The molecule has 0 aromatic heterocycles. The second-order valence-corrected chi connectivity index (χ2v) is 8.51. The van der Waals surface area contributed by atoms with Crippen LogP contribution in [0.4, 0.5) is 5.69 Å². The van der Waals surface area contributed by atoms with Crippen molar-refractivity contribution in [2.45, 2.75) is 11.3 Å². The average Bonchev–Trinajstić information content (AvgIpc) is 2.78. The van der Waals surface area contributed by atoms with Gasteiger partial charge in [-0.3, -0.25) is 14.4 Å². The Hall–Kier alpha value is -3.91. The molecule has 8 heteroatoms. The third kappa shape index (κ3) is 4.19. The minimum Gasteiger partial charge on any atom is -0.294 e. The van der Waals surface area contributed by atoms with Crippen molar-refractivity contribution in [1.82, 2.24) is 4.72 Å². The smallest absolute Gasteiger partial charge is 0.264 e. The first-order valence-corrected chi connectivity index (χ1v) is 10.8. The molecular formula is C23H16N2O5S. The van der Waals surface area contributed by atoms with E-state index in [1.807, 2.05) is 4.72 Å². The van der Waals surface area contributed by atoms with Crippen LogP contribution in [0, 0.1) is 0 Å². The van der Waals surface area contributed by atoms with E-state index in [9.17, 15) is 22.8 Å². The molecule has 0 radical (unpaired) electrons. The number of carbonyl (C=O) groups is 3. The minimum atomic E-state index is -4.09. The first-order chi connectivity index (χ1) is 14.8. The van der Waals surface area contributed by atoms with Gasteiger partial charge in [-0.1, -0.05) is 42.5 Å². The standard InChI is InChI=1S/C23H16N2O5S/c26-21-14-20(22(27)19-9-5-4-8-18(19)21)24-16-10-12-17(13-11-16)31(29,30)25-23(28)15-6-2-1-3-7-15/h1-13H,14H2,(H,25,28). The van der Waals surface area contributed by atoms with Crippen molar-refractivity contribution in [2.75, 3.05) is 0 Å². The summed E-state index contributed by atoms with van der Waals surface area (Å²) >= 11 is 0. The monoisotopic (exact) mass is 432 g/mol. The van der Waals surface area contributed by atoms with Crippen LogP contribution < -0.4 is 4.72 Å². The number of benzene rings is 3. The van der Waals surface area contributed by atoms with Crippen LogP contribution in [0.5, 0.6) is 0 Å². The van der Waals surface area contributed by atoms with E-state index in [1.165, 1.54) is 36.4 Å². The zero-order valence-corrected chi connectivity index (χ0v) is 16.9. The van der Waals surface area contributed by atoms with Crippen molar-refractivity contribution >= 4 is 38.9 Å². The predicted molar refractivity (Wildman–Crippen MR) is 114 cm³/mol. The second-order valence-electron chi connectivity index (χ2n) is 6.83. The van der Waals surface area contributed by atoms with Gasteiger partial charge < -0.3 is 0 Å². The number of rotatable bonds is 4. The van der Waals surface area contributed by atoms with Crippen molar-refractivity contribution in [3.05, 3.63) is 95.6 Å². The van der Waals surface area contributed by atoms with Gasteiger partial charge in [0.1, 0.15) is 0 Å². The molecule has 0 aliphatic heterocycles. The quantitative estimate of drug-likeness (QED) is 0.680. The minimum absolute atomic E-state index is 0.0942. The molecule has 154 valence electrons. The van der Waals surface area contributed by atoms with Crippen molar-refractivity contribution in [3.63, 3.8) is 0 Å². The highest BCUT2D eigenvalue weighted by Gasteiger charge is 2.28. The van der Waals surface area contributed by atoms with E-state index in [0.717, 1.165) is 0 Å². The maximum Gasteiger partial charge on any atom is 0.264 e. The zero-order chi connectivity index (χ0) is 22.0. The van der Waals surface area contributed by atoms with Crippen molar-refractivity contribution in [2.24, 2.45) is 4.99 Å². The van der Waals surface area contributed by atoms with Crippen molar-refractivity contribution in [1.29, 1.82) is 0 Å². The molecule has 1 amide bonds. The van der Waals surface area contributed by atoms with Crippen molar-refractivity contribution in [3.8, 4) is 0 Å². The van der Waals surface area contributed by atoms with Gasteiger partial charge in [0.05, 0.1) is 22.7 Å². The Bertz CT molecular complexity index is 1330. The Balaban J connectivity index is 1.55. The van der Waals surface area contributed by atoms with Gasteiger partial charge in [-0.15, -0.1) is 0 Å². The largest absolute Gasteiger partial charge is 0.294 e. The number of nitrogens with zero attached hydrogens (tertiary/aromatic N) is 1. The van der Waals surface area contributed by atoms with E-state index in [4.69, 9.17) is 0 Å². The SMILES string of the molecule is O=C(NS(=O)(=O)c1ccc(N=C2CC(=O)c3ccccc3C2=O)cc1)c1ccccc1. The molecule has 0 atom stereocenters. The number of sulfonamides is 1. The number of ketones is 2. The molecule has 0 fully saturated rings. The average molecular weight is 432 g/mol. The summed E-state index contributed by atoms with van der Waals surface area (Å²) < 4.78 is 27.0. The highest BCUT2D eigenvalue weighted by atomic mass is 32.2. The number of hydrogen-bond donors (Lipinski definition) is 1. The third-order valence-electron chi connectivity index (χ3n) is 4.74. The molecule has 31 heavy (non-hydrogen) atoms. The van der Waals surface area contributed by atoms with Gasteiger partial charge in [0, 0.05) is 16.7 Å². The number of Topliss-reactive ketones (excluding diaryl/α,β-unsaturated/α-hetero) is 2. The van der Waals surface area contributed by atoms with Gasteiger partial charge in [-0.25, -0.2) is 18.1 Å². The fraction of sp³-hybridized carbons (Fsp3) is 0.0435. The van der Waals surface area contributed by atoms with Crippen LogP contribution >= 0.6 is 0 Å². The number of aliphatic imine (C=N–C) groups is 1. The molecule has 7 nitrogen and oxygen atoms in total. The molecule has 0 unspecified atom stereocenters. The fourth-order valence-electron chi connectivity index (χ4n) is 3.18. The van der Waals surface area contributed by atoms with Crippen LogP contribution in [0.15, 0.2) is 88.8 Å². The van der Waals surface area contributed by atoms with E-state index in [0.29, 0.717) is 16.8 Å². The molecule has 0 bridgehead atoms. The summed E-state index contributed by atoms with van der Waals surface area (Å²) in [5, 5.41) is 0. The van der Waals surface area contributed by atoms with E-state index in [1.54, 1.807) is 42.5 Å². The lowest BCUT2D eigenvalue weighted by atomic mass is 9.88. The van der Waals surface area contributed by atoms with Crippen LogP contribution in [0.25, 0.3) is 0 Å². The molecule has 0 saturated heterocycles. The molecule has 0 saturated carbocycles. The van der Waals surface area contributed by atoms with E-state index < -0.39 is 15.9 Å². The molecule has 1 N–H and O–H groups in total. The number of carbonyl (C=O) groups excluding carboxylic acids is 3. The van der Waals surface area contributed by atoms with Gasteiger partial charge in [0.2, 0.25) is 5.78 Å². The summed E-state index contributed by atoms with van der Waals surface area (Å²) in [5.41, 5.74) is 1.32. The maximum atomic E-state index is 12.6. The maximum absolute atomic E-state index is 12.6. The second kappa shape index (κ2) is 8.08. The van der Waals surface area contributed by atoms with Crippen molar-refractivity contribution < 1.29 is 22.8 Å². The van der Waals surface area contributed by atoms with Crippen LogP contribution in [0.1, 0.15) is 37.5 Å². The Morgan fingerprint density at radius 3 is 2.10 bits per heavy atom. The molecular weight excluding hydrogens is 416 g/mol. The lowest BCUT2D eigenvalue weighted by molar-refractivity contribution is 0.0964. The summed E-state index contributed by atoms with van der Waals surface area (Å²) in [5.74, 6) is -1.27. The molecule has 1 aliphatic carbocycles. The summed E-state index contributed by atoms with van der Waals surface area (Å²) in [6.07, 6.45) is -0.122. The van der Waals surface area contributed by atoms with Gasteiger partial charge in [-0.05, 0) is 36.4 Å². The van der Waals surface area contributed by atoms with Gasteiger partial charge in [0.15, 0.2) is 5.78 Å². The fourth-order valence-corrected chi connectivity index (χ4v) is 4.16. The molecule has 4 rings (SSSR count). The number of nitrogens with one attached hydrogen (secondary N) is 1.